The van der Waals surface area contributed by atoms with Gasteiger partial charge < -0.3 is 14.4 Å². The third-order valence-corrected chi connectivity index (χ3v) is 4.04. The zero-order valence-corrected chi connectivity index (χ0v) is 16.4. The second-order valence-electron chi connectivity index (χ2n) is 8.98. The van der Waals surface area contributed by atoms with E-state index in [2.05, 4.69) is 39.5 Å². The molecule has 0 aromatic rings. The summed E-state index contributed by atoms with van der Waals surface area (Å²) in [6.07, 6.45) is 0.780. The first-order valence-electron chi connectivity index (χ1n) is 8.67. The van der Waals surface area contributed by atoms with E-state index in [1.165, 1.54) is 0 Å². The maximum Gasteiger partial charge on any atom is 0.410 e. The van der Waals surface area contributed by atoms with Crippen LogP contribution in [0.3, 0.4) is 0 Å². The number of nitrogens with zero attached hydrogens (tertiary/aromatic N) is 2. The van der Waals surface area contributed by atoms with Gasteiger partial charge in [0.15, 0.2) is 0 Å². The number of ether oxygens (including phenoxy) is 2. The van der Waals surface area contributed by atoms with Crippen molar-refractivity contribution in [3.63, 3.8) is 0 Å². The fourth-order valence-corrected chi connectivity index (χ4v) is 2.59. The molecule has 0 bridgehead atoms. The van der Waals surface area contributed by atoms with Gasteiger partial charge in [-0.3, -0.25) is 4.90 Å². The third-order valence-electron chi connectivity index (χ3n) is 4.04. The van der Waals surface area contributed by atoms with Gasteiger partial charge in [-0.15, -0.1) is 0 Å². The predicted molar refractivity (Wildman–Crippen MR) is 93.8 cm³/mol. The van der Waals surface area contributed by atoms with Crippen LogP contribution in [0, 0.1) is 0 Å². The molecule has 1 heterocycles. The van der Waals surface area contributed by atoms with Gasteiger partial charge in [-0.25, -0.2) is 4.79 Å². The second-order valence-corrected chi connectivity index (χ2v) is 8.98. The molecular weight excluding hydrogens is 292 g/mol. The molecule has 1 fully saturated rings. The zero-order chi connectivity index (χ0) is 17.9. The quantitative estimate of drug-likeness (QED) is 0.792. The normalized spacial score (nSPS) is 18.2. The van der Waals surface area contributed by atoms with Crippen molar-refractivity contribution < 1.29 is 14.3 Å². The minimum Gasteiger partial charge on any atom is -0.444 e. The molecule has 0 radical (unpaired) electrons. The van der Waals surface area contributed by atoms with Crippen LogP contribution in [0.2, 0.25) is 0 Å². The summed E-state index contributed by atoms with van der Waals surface area (Å²) in [5, 5.41) is 0. The smallest absolute Gasteiger partial charge is 0.410 e. The molecule has 5 nitrogen and oxygen atoms in total. The van der Waals surface area contributed by atoms with E-state index in [-0.39, 0.29) is 17.2 Å². The molecule has 1 rings (SSSR count). The van der Waals surface area contributed by atoms with E-state index in [0.717, 1.165) is 39.2 Å². The van der Waals surface area contributed by atoms with E-state index < -0.39 is 5.60 Å². The molecule has 5 heteroatoms. The van der Waals surface area contributed by atoms with Gasteiger partial charge in [0.05, 0.1) is 5.60 Å². The minimum atomic E-state index is -0.433. The maximum absolute atomic E-state index is 12.1. The summed E-state index contributed by atoms with van der Waals surface area (Å²) in [4.78, 5) is 16.4. The van der Waals surface area contributed by atoms with Gasteiger partial charge in [-0.1, -0.05) is 0 Å². The summed E-state index contributed by atoms with van der Waals surface area (Å²) in [5.41, 5.74) is -0.450. The Morgan fingerprint density at radius 1 is 0.870 bits per heavy atom. The number of rotatable bonds is 4. The molecule has 136 valence electrons. The summed E-state index contributed by atoms with van der Waals surface area (Å²) < 4.78 is 11.3. The molecule has 1 saturated heterocycles. The first-order valence-corrected chi connectivity index (χ1v) is 8.67. The van der Waals surface area contributed by atoms with Crippen molar-refractivity contribution in [2.24, 2.45) is 0 Å². The lowest BCUT2D eigenvalue weighted by molar-refractivity contribution is -0.0341. The van der Waals surface area contributed by atoms with E-state index in [9.17, 15) is 4.79 Å². The van der Waals surface area contributed by atoms with Crippen LogP contribution in [0.1, 0.15) is 61.8 Å². The van der Waals surface area contributed by atoms with E-state index >= 15 is 0 Å². The molecule has 0 aliphatic carbocycles. The van der Waals surface area contributed by atoms with Gasteiger partial charge in [-0.2, -0.15) is 0 Å². The average Bonchev–Trinajstić information content (AvgIpc) is 2.35. The summed E-state index contributed by atoms with van der Waals surface area (Å²) in [6.45, 7) is 20.4. The first-order chi connectivity index (χ1) is 10.3. The van der Waals surface area contributed by atoms with Crippen molar-refractivity contribution in [3.05, 3.63) is 0 Å². The Morgan fingerprint density at radius 2 is 1.39 bits per heavy atom. The Labute approximate surface area is 142 Å². The number of hydrogen-bond acceptors (Lipinski definition) is 4. The second kappa shape index (κ2) is 7.39. The van der Waals surface area contributed by atoms with Crippen LogP contribution in [0.4, 0.5) is 4.79 Å². The van der Waals surface area contributed by atoms with Crippen LogP contribution in [0.5, 0.6) is 0 Å². The lowest BCUT2D eigenvalue weighted by Crippen LogP contribution is -2.56. The van der Waals surface area contributed by atoms with E-state index in [0.29, 0.717) is 0 Å². The number of carbonyl (C=O) groups is 1. The highest BCUT2D eigenvalue weighted by atomic mass is 16.6. The molecule has 23 heavy (non-hydrogen) atoms. The van der Waals surface area contributed by atoms with Gasteiger partial charge in [0.25, 0.3) is 0 Å². The lowest BCUT2D eigenvalue weighted by atomic mass is 9.97. The highest BCUT2D eigenvalue weighted by molar-refractivity contribution is 5.68. The summed E-state index contributed by atoms with van der Waals surface area (Å²) in [7, 11) is 0. The van der Waals surface area contributed by atoms with Crippen LogP contribution in [0.15, 0.2) is 0 Å². The molecule has 0 N–H and O–H groups in total. The third kappa shape index (κ3) is 7.53. The van der Waals surface area contributed by atoms with Crippen molar-refractivity contribution in [1.29, 1.82) is 0 Å². The van der Waals surface area contributed by atoms with Crippen molar-refractivity contribution in [2.45, 2.75) is 78.6 Å². The average molecular weight is 328 g/mol. The number of carbonyl (C=O) groups excluding carboxylic acids is 1. The van der Waals surface area contributed by atoms with Gasteiger partial charge in [0, 0.05) is 38.3 Å². The topological polar surface area (TPSA) is 42.0 Å². The van der Waals surface area contributed by atoms with Crippen molar-refractivity contribution in [1.82, 2.24) is 9.80 Å². The van der Waals surface area contributed by atoms with Gasteiger partial charge in [0.1, 0.15) is 5.60 Å². The van der Waals surface area contributed by atoms with Crippen molar-refractivity contribution >= 4 is 6.09 Å². The van der Waals surface area contributed by atoms with Crippen LogP contribution in [-0.4, -0.2) is 65.4 Å². The van der Waals surface area contributed by atoms with Crippen molar-refractivity contribution in [2.75, 3.05) is 32.8 Å². The monoisotopic (exact) mass is 328 g/mol. The van der Waals surface area contributed by atoms with Gasteiger partial charge in [0.2, 0.25) is 0 Å². The Kier molecular flexibility index (Phi) is 6.50. The standard InChI is InChI=1S/C18H36N2O3/c1-16(2,3)22-14-9-18(7,8)20-12-10-19(11-13-20)15(21)23-17(4,5)6/h9-14H2,1-8H3. The summed E-state index contributed by atoms with van der Waals surface area (Å²) >= 11 is 0. The van der Waals surface area contributed by atoms with Crippen molar-refractivity contribution in [3.8, 4) is 0 Å². The fraction of sp³-hybridized carbons (Fsp3) is 0.944. The van der Waals surface area contributed by atoms with Crippen LogP contribution in [-0.2, 0) is 9.47 Å². The maximum atomic E-state index is 12.1. The Bertz CT molecular complexity index is 386. The summed E-state index contributed by atoms with van der Waals surface area (Å²) in [5.74, 6) is 0. The van der Waals surface area contributed by atoms with E-state index in [4.69, 9.17) is 9.47 Å². The molecule has 0 aromatic carbocycles. The van der Waals surface area contributed by atoms with Crippen LogP contribution >= 0.6 is 0 Å². The van der Waals surface area contributed by atoms with E-state index in [1.54, 1.807) is 0 Å². The highest BCUT2D eigenvalue weighted by Gasteiger charge is 2.32. The lowest BCUT2D eigenvalue weighted by Gasteiger charge is -2.44. The molecule has 1 amide bonds. The number of amides is 1. The molecule has 0 aromatic heterocycles. The summed E-state index contributed by atoms with van der Waals surface area (Å²) in [6, 6.07) is 0. The van der Waals surface area contributed by atoms with E-state index in [1.807, 2.05) is 25.7 Å². The Balaban J connectivity index is 2.43. The zero-order valence-electron chi connectivity index (χ0n) is 16.4. The van der Waals surface area contributed by atoms with Crippen LogP contribution in [0.25, 0.3) is 0 Å². The highest BCUT2D eigenvalue weighted by Crippen LogP contribution is 2.23. The molecule has 1 aliphatic heterocycles. The number of hydrogen-bond donors (Lipinski definition) is 0. The largest absolute Gasteiger partial charge is 0.444 e. The number of piperazine rings is 1. The Morgan fingerprint density at radius 3 is 1.83 bits per heavy atom. The SMILES string of the molecule is CC(C)(C)OCCC(C)(C)N1CCN(C(=O)OC(C)(C)C)CC1. The molecule has 1 aliphatic rings. The predicted octanol–water partition coefficient (Wildman–Crippen LogP) is 3.52. The minimum absolute atomic E-state index is 0.0747. The molecule has 0 saturated carbocycles. The van der Waals surface area contributed by atoms with Gasteiger partial charge in [-0.05, 0) is 61.8 Å². The molecule has 0 atom stereocenters. The molecule has 0 spiro atoms. The molecule has 0 unspecified atom stereocenters. The van der Waals surface area contributed by atoms with Gasteiger partial charge >= 0.3 is 6.09 Å². The first kappa shape index (κ1) is 20.2. The fourth-order valence-electron chi connectivity index (χ4n) is 2.59. The molecular formula is C18H36N2O3. The Hall–Kier alpha value is -0.810. The van der Waals surface area contributed by atoms with Crippen LogP contribution < -0.4 is 0 Å².